The molecule has 1 amide bonds. The minimum atomic E-state index is -3.85. The number of thiophene rings is 1. The van der Waals surface area contributed by atoms with Gasteiger partial charge in [-0.1, -0.05) is 19.9 Å². The highest BCUT2D eigenvalue weighted by Crippen LogP contribution is 2.28. The molecule has 0 radical (unpaired) electrons. The average molecular weight is 414 g/mol. The molecular formula is C17H23N3O5S2. The third kappa shape index (κ3) is 5.51. The van der Waals surface area contributed by atoms with E-state index in [4.69, 9.17) is 4.74 Å². The van der Waals surface area contributed by atoms with Crippen molar-refractivity contribution in [1.82, 2.24) is 10.0 Å². The number of amides is 1. The SMILES string of the molecule is CC(C)[C@@H](NS(=O)(=O)c1cccs1)C(=O)OCC(=O)NC1(C#N)CCCC1. The second-order valence-corrected chi connectivity index (χ2v) is 9.72. The molecule has 1 heterocycles. The van der Waals surface area contributed by atoms with Gasteiger partial charge in [-0.05, 0) is 43.0 Å². The molecule has 1 aromatic rings. The summed E-state index contributed by atoms with van der Waals surface area (Å²) in [6.07, 6.45) is 2.85. The maximum atomic E-state index is 12.3. The van der Waals surface area contributed by atoms with Crippen LogP contribution in [0.1, 0.15) is 39.5 Å². The summed E-state index contributed by atoms with van der Waals surface area (Å²) in [6.45, 7) is 2.78. The van der Waals surface area contributed by atoms with Crippen LogP contribution in [0.4, 0.5) is 0 Å². The van der Waals surface area contributed by atoms with Crippen LogP contribution in [0.3, 0.4) is 0 Å². The van der Waals surface area contributed by atoms with Gasteiger partial charge in [-0.2, -0.15) is 9.98 Å². The first kappa shape index (κ1) is 21.3. The number of ether oxygens (including phenoxy) is 1. The first-order valence-electron chi connectivity index (χ1n) is 8.64. The molecule has 0 aliphatic heterocycles. The summed E-state index contributed by atoms with van der Waals surface area (Å²) in [4.78, 5) is 24.4. The van der Waals surface area contributed by atoms with Crippen molar-refractivity contribution in [3.05, 3.63) is 17.5 Å². The van der Waals surface area contributed by atoms with Gasteiger partial charge in [-0.15, -0.1) is 11.3 Å². The van der Waals surface area contributed by atoms with Crippen molar-refractivity contribution in [2.45, 2.75) is 55.3 Å². The van der Waals surface area contributed by atoms with Gasteiger partial charge in [0.25, 0.3) is 15.9 Å². The van der Waals surface area contributed by atoms with Gasteiger partial charge in [0.1, 0.15) is 15.8 Å². The van der Waals surface area contributed by atoms with E-state index in [2.05, 4.69) is 16.1 Å². The summed E-state index contributed by atoms with van der Waals surface area (Å²) in [5, 5.41) is 13.5. The Labute approximate surface area is 162 Å². The third-order valence-electron chi connectivity index (χ3n) is 4.36. The summed E-state index contributed by atoms with van der Waals surface area (Å²) in [5.41, 5.74) is -0.901. The molecule has 1 aliphatic rings. The van der Waals surface area contributed by atoms with Gasteiger partial charge in [-0.3, -0.25) is 9.59 Å². The van der Waals surface area contributed by atoms with E-state index >= 15 is 0 Å². The number of nitriles is 1. The molecule has 0 spiro atoms. The summed E-state index contributed by atoms with van der Waals surface area (Å²) in [6, 6.07) is 4.03. The smallest absolute Gasteiger partial charge is 0.324 e. The number of sulfonamides is 1. The molecule has 0 saturated heterocycles. The van der Waals surface area contributed by atoms with Crippen molar-refractivity contribution in [3.8, 4) is 6.07 Å². The van der Waals surface area contributed by atoms with E-state index in [9.17, 15) is 23.3 Å². The predicted molar refractivity (Wildman–Crippen MR) is 99.2 cm³/mol. The first-order valence-corrected chi connectivity index (χ1v) is 11.0. The average Bonchev–Trinajstić information content (AvgIpc) is 3.30. The quantitative estimate of drug-likeness (QED) is 0.623. The van der Waals surface area contributed by atoms with Crippen LogP contribution < -0.4 is 10.0 Å². The van der Waals surface area contributed by atoms with Crippen molar-refractivity contribution in [2.75, 3.05) is 6.61 Å². The molecule has 2 N–H and O–H groups in total. The number of nitrogens with one attached hydrogen (secondary N) is 2. The minimum Gasteiger partial charge on any atom is -0.454 e. The van der Waals surface area contributed by atoms with Crippen molar-refractivity contribution in [3.63, 3.8) is 0 Å². The molecule has 1 atom stereocenters. The second-order valence-electron chi connectivity index (χ2n) is 6.83. The molecular weight excluding hydrogens is 390 g/mol. The van der Waals surface area contributed by atoms with Gasteiger partial charge < -0.3 is 10.1 Å². The lowest BCUT2D eigenvalue weighted by molar-refractivity contribution is -0.151. The molecule has 27 heavy (non-hydrogen) atoms. The summed E-state index contributed by atoms with van der Waals surface area (Å²) >= 11 is 1.04. The highest BCUT2D eigenvalue weighted by molar-refractivity contribution is 7.91. The Morgan fingerprint density at radius 3 is 2.56 bits per heavy atom. The lowest BCUT2D eigenvalue weighted by atomic mass is 10.00. The Morgan fingerprint density at radius 2 is 2.04 bits per heavy atom. The van der Waals surface area contributed by atoms with E-state index < -0.39 is 40.1 Å². The molecule has 148 valence electrons. The number of hydrogen-bond acceptors (Lipinski definition) is 7. The Bertz CT molecular complexity index is 806. The zero-order valence-electron chi connectivity index (χ0n) is 15.2. The van der Waals surface area contributed by atoms with Gasteiger partial charge in [0, 0.05) is 0 Å². The van der Waals surface area contributed by atoms with Gasteiger partial charge in [-0.25, -0.2) is 8.42 Å². The normalized spacial score (nSPS) is 17.3. The number of carbonyl (C=O) groups is 2. The van der Waals surface area contributed by atoms with Crippen molar-refractivity contribution < 1.29 is 22.7 Å². The Kier molecular flexibility index (Phi) is 6.97. The molecule has 10 heteroatoms. The van der Waals surface area contributed by atoms with E-state index in [0.717, 1.165) is 24.2 Å². The van der Waals surface area contributed by atoms with Crippen molar-refractivity contribution in [2.24, 2.45) is 5.92 Å². The second kappa shape index (κ2) is 8.82. The lowest BCUT2D eigenvalue weighted by Crippen LogP contribution is -2.48. The standard InChI is InChI=1S/C17H23N3O5S2/c1-12(2)15(20-27(23,24)14-6-5-9-26-14)16(22)25-10-13(21)19-17(11-18)7-3-4-8-17/h5-6,9,12,15,20H,3-4,7-8,10H2,1-2H3,(H,19,21)/t15-/m1/s1. The maximum Gasteiger partial charge on any atom is 0.324 e. The fourth-order valence-corrected chi connectivity index (χ4v) is 5.21. The molecule has 1 fully saturated rings. The predicted octanol–water partition coefficient (Wildman–Crippen LogP) is 1.55. The third-order valence-corrected chi connectivity index (χ3v) is 7.20. The van der Waals surface area contributed by atoms with E-state index in [1.807, 2.05) is 0 Å². The number of carbonyl (C=O) groups excluding carboxylic acids is 2. The van der Waals surface area contributed by atoms with Crippen LogP contribution in [-0.4, -0.2) is 38.5 Å². The van der Waals surface area contributed by atoms with Crippen LogP contribution in [0.25, 0.3) is 0 Å². The van der Waals surface area contributed by atoms with Gasteiger partial charge in [0.15, 0.2) is 6.61 Å². The number of rotatable bonds is 8. The fourth-order valence-electron chi connectivity index (χ4n) is 2.87. The van der Waals surface area contributed by atoms with Crippen molar-refractivity contribution in [1.29, 1.82) is 5.26 Å². The number of hydrogen-bond donors (Lipinski definition) is 2. The van der Waals surface area contributed by atoms with Crippen molar-refractivity contribution >= 4 is 33.2 Å². The summed E-state index contributed by atoms with van der Waals surface area (Å²) < 4.78 is 32.1. The number of nitrogens with zero attached hydrogens (tertiary/aromatic N) is 1. The molecule has 1 aromatic heterocycles. The highest BCUT2D eigenvalue weighted by atomic mass is 32.2. The molecule has 8 nitrogen and oxygen atoms in total. The summed E-state index contributed by atoms with van der Waals surface area (Å²) in [5.74, 6) is -1.79. The molecule has 1 aliphatic carbocycles. The molecule has 0 unspecified atom stereocenters. The Morgan fingerprint density at radius 1 is 1.37 bits per heavy atom. The zero-order valence-corrected chi connectivity index (χ0v) is 16.9. The summed E-state index contributed by atoms with van der Waals surface area (Å²) in [7, 11) is -3.85. The molecule has 0 aromatic carbocycles. The molecule has 1 saturated carbocycles. The van der Waals surface area contributed by atoms with Gasteiger partial charge in [0.2, 0.25) is 0 Å². The number of esters is 1. The molecule has 0 bridgehead atoms. The van der Waals surface area contributed by atoms with E-state index in [-0.39, 0.29) is 10.1 Å². The van der Waals surface area contributed by atoms with Crippen LogP contribution in [0.5, 0.6) is 0 Å². The first-order chi connectivity index (χ1) is 12.7. The maximum absolute atomic E-state index is 12.3. The van der Waals surface area contributed by atoms with Gasteiger partial charge in [0.05, 0.1) is 6.07 Å². The lowest BCUT2D eigenvalue weighted by Gasteiger charge is -2.23. The zero-order chi connectivity index (χ0) is 20.1. The highest BCUT2D eigenvalue weighted by Gasteiger charge is 2.36. The van der Waals surface area contributed by atoms with E-state index in [0.29, 0.717) is 12.8 Å². The monoisotopic (exact) mass is 413 g/mol. The van der Waals surface area contributed by atoms with E-state index in [1.54, 1.807) is 25.3 Å². The van der Waals surface area contributed by atoms with Crippen LogP contribution in [0.15, 0.2) is 21.7 Å². The Hall–Kier alpha value is -1.96. The Balaban J connectivity index is 1.95. The topological polar surface area (TPSA) is 125 Å². The van der Waals surface area contributed by atoms with E-state index in [1.165, 1.54) is 6.07 Å². The van der Waals surface area contributed by atoms with Crippen LogP contribution >= 0.6 is 11.3 Å². The van der Waals surface area contributed by atoms with Crippen LogP contribution in [0, 0.1) is 17.2 Å². The molecule has 2 rings (SSSR count). The van der Waals surface area contributed by atoms with Crippen LogP contribution in [0.2, 0.25) is 0 Å². The minimum absolute atomic E-state index is 0.0934. The van der Waals surface area contributed by atoms with Gasteiger partial charge >= 0.3 is 5.97 Å². The fraction of sp³-hybridized carbons (Fsp3) is 0.588. The van der Waals surface area contributed by atoms with Crippen LogP contribution in [-0.2, 0) is 24.3 Å². The largest absolute Gasteiger partial charge is 0.454 e.